The molecular weight excluding hydrogens is 335 g/mol. The molecule has 0 atom stereocenters. The van der Waals surface area contributed by atoms with Crippen molar-refractivity contribution in [3.05, 3.63) is 29.8 Å². The molecular formula is C14H14F3NO4S. The fraction of sp³-hybridized carbons (Fsp3) is 0.429. The molecule has 1 aromatic rings. The first-order valence-electron chi connectivity index (χ1n) is 6.61. The molecule has 1 aromatic carbocycles. The van der Waals surface area contributed by atoms with Gasteiger partial charge in [0.15, 0.2) is 0 Å². The van der Waals surface area contributed by atoms with Crippen LogP contribution in [0.25, 0.3) is 0 Å². The SMILES string of the molecule is CC1(C)CC(=O)N(Cc2cccc(S(=O)(=O)C(F)(F)F)c2)C1=O. The fourth-order valence-corrected chi connectivity index (χ4v) is 3.15. The Labute approximate surface area is 131 Å². The highest BCUT2D eigenvalue weighted by Crippen LogP contribution is 2.34. The molecule has 126 valence electrons. The number of carbonyl (C=O) groups excluding carboxylic acids is 2. The Balaban J connectivity index is 2.33. The van der Waals surface area contributed by atoms with Crippen molar-refractivity contribution in [3.63, 3.8) is 0 Å². The van der Waals surface area contributed by atoms with Gasteiger partial charge in [0.25, 0.3) is 9.84 Å². The van der Waals surface area contributed by atoms with Gasteiger partial charge in [0.1, 0.15) is 0 Å². The van der Waals surface area contributed by atoms with Gasteiger partial charge in [-0.1, -0.05) is 26.0 Å². The van der Waals surface area contributed by atoms with Crippen LogP contribution in [0.3, 0.4) is 0 Å². The zero-order valence-corrected chi connectivity index (χ0v) is 13.2. The Hall–Kier alpha value is -1.90. The van der Waals surface area contributed by atoms with Crippen molar-refractivity contribution in [2.24, 2.45) is 5.41 Å². The van der Waals surface area contributed by atoms with Crippen molar-refractivity contribution >= 4 is 21.7 Å². The Morgan fingerprint density at radius 3 is 2.30 bits per heavy atom. The number of alkyl halides is 3. The van der Waals surface area contributed by atoms with Crippen LogP contribution in [0.5, 0.6) is 0 Å². The normalized spacial score (nSPS) is 18.6. The van der Waals surface area contributed by atoms with E-state index in [2.05, 4.69) is 0 Å². The molecule has 1 heterocycles. The van der Waals surface area contributed by atoms with Crippen LogP contribution in [0.1, 0.15) is 25.8 Å². The van der Waals surface area contributed by atoms with Crippen molar-refractivity contribution in [3.8, 4) is 0 Å². The Kier molecular flexibility index (Phi) is 4.04. The highest BCUT2D eigenvalue weighted by molar-refractivity contribution is 7.92. The van der Waals surface area contributed by atoms with E-state index in [-0.39, 0.29) is 18.5 Å². The predicted octanol–water partition coefficient (Wildman–Crippen LogP) is 2.27. The van der Waals surface area contributed by atoms with Crippen LogP contribution in [0.4, 0.5) is 13.2 Å². The quantitative estimate of drug-likeness (QED) is 0.785. The minimum Gasteiger partial charge on any atom is -0.278 e. The lowest BCUT2D eigenvalue weighted by atomic mass is 9.92. The maximum Gasteiger partial charge on any atom is 0.501 e. The van der Waals surface area contributed by atoms with Crippen LogP contribution in [0.15, 0.2) is 29.2 Å². The van der Waals surface area contributed by atoms with Crippen molar-refractivity contribution in [1.29, 1.82) is 0 Å². The van der Waals surface area contributed by atoms with E-state index >= 15 is 0 Å². The van der Waals surface area contributed by atoms with E-state index in [1.165, 1.54) is 6.07 Å². The summed E-state index contributed by atoms with van der Waals surface area (Å²) in [6, 6.07) is 4.16. The first-order valence-corrected chi connectivity index (χ1v) is 8.10. The molecule has 2 amide bonds. The number of rotatable bonds is 3. The van der Waals surface area contributed by atoms with Crippen molar-refractivity contribution < 1.29 is 31.2 Å². The first-order chi connectivity index (χ1) is 10.4. The maximum absolute atomic E-state index is 12.6. The van der Waals surface area contributed by atoms with Crippen LogP contribution in [0, 0.1) is 5.41 Å². The third kappa shape index (κ3) is 3.10. The average molecular weight is 349 g/mol. The average Bonchev–Trinajstić information content (AvgIpc) is 2.60. The summed E-state index contributed by atoms with van der Waals surface area (Å²) in [6.45, 7) is 2.93. The summed E-state index contributed by atoms with van der Waals surface area (Å²) >= 11 is 0. The van der Waals surface area contributed by atoms with E-state index in [0.29, 0.717) is 0 Å². The molecule has 5 nitrogen and oxygen atoms in total. The second-order valence-electron chi connectivity index (χ2n) is 5.94. The molecule has 23 heavy (non-hydrogen) atoms. The number of halogens is 3. The van der Waals surface area contributed by atoms with E-state index < -0.39 is 37.5 Å². The lowest BCUT2D eigenvalue weighted by Gasteiger charge is -2.18. The summed E-state index contributed by atoms with van der Waals surface area (Å²) in [7, 11) is -5.47. The molecule has 0 unspecified atom stereocenters. The van der Waals surface area contributed by atoms with Crippen LogP contribution in [0.2, 0.25) is 0 Å². The number of nitrogens with zero attached hydrogens (tertiary/aromatic N) is 1. The number of benzene rings is 1. The van der Waals surface area contributed by atoms with Gasteiger partial charge in [0.2, 0.25) is 11.8 Å². The van der Waals surface area contributed by atoms with Gasteiger partial charge in [0.05, 0.1) is 16.9 Å². The van der Waals surface area contributed by atoms with Gasteiger partial charge in [-0.2, -0.15) is 13.2 Å². The predicted molar refractivity (Wildman–Crippen MR) is 73.6 cm³/mol. The minimum absolute atomic E-state index is 0.00632. The van der Waals surface area contributed by atoms with Crippen LogP contribution >= 0.6 is 0 Å². The molecule has 0 aliphatic carbocycles. The molecule has 0 radical (unpaired) electrons. The Morgan fingerprint density at radius 2 is 1.83 bits per heavy atom. The summed E-state index contributed by atoms with van der Waals surface area (Å²) in [4.78, 5) is 24.0. The van der Waals surface area contributed by atoms with E-state index in [4.69, 9.17) is 0 Å². The molecule has 0 N–H and O–H groups in total. The molecule has 0 spiro atoms. The third-order valence-corrected chi connectivity index (χ3v) is 5.06. The third-order valence-electron chi connectivity index (χ3n) is 3.57. The standard InChI is InChI=1S/C14H14F3NO4S/c1-13(2)7-11(19)18(12(13)20)8-9-4-3-5-10(6-9)23(21,22)14(15,16)17/h3-6H,7-8H2,1-2H3. The number of hydrogen-bond acceptors (Lipinski definition) is 4. The second kappa shape index (κ2) is 5.33. The largest absolute Gasteiger partial charge is 0.501 e. The highest BCUT2D eigenvalue weighted by atomic mass is 32.2. The fourth-order valence-electron chi connectivity index (χ4n) is 2.31. The summed E-state index contributed by atoms with van der Waals surface area (Å²) < 4.78 is 60.5. The number of amides is 2. The number of sulfone groups is 1. The van der Waals surface area contributed by atoms with Crippen molar-refractivity contribution in [2.45, 2.75) is 37.2 Å². The number of imide groups is 1. The highest BCUT2D eigenvalue weighted by Gasteiger charge is 2.47. The molecule has 1 fully saturated rings. The summed E-state index contributed by atoms with van der Waals surface area (Å²) in [5.74, 6) is -0.879. The maximum atomic E-state index is 12.6. The lowest BCUT2D eigenvalue weighted by Crippen LogP contribution is -2.32. The van der Waals surface area contributed by atoms with Gasteiger partial charge < -0.3 is 0 Å². The van der Waals surface area contributed by atoms with E-state index in [1.54, 1.807) is 13.8 Å². The number of carbonyl (C=O) groups is 2. The Bertz CT molecular complexity index is 768. The zero-order valence-electron chi connectivity index (χ0n) is 12.3. The van der Waals surface area contributed by atoms with Crippen LogP contribution < -0.4 is 0 Å². The van der Waals surface area contributed by atoms with Gasteiger partial charge >= 0.3 is 5.51 Å². The molecule has 0 bridgehead atoms. The van der Waals surface area contributed by atoms with Gasteiger partial charge in [-0.05, 0) is 17.7 Å². The smallest absolute Gasteiger partial charge is 0.278 e. The van der Waals surface area contributed by atoms with E-state index in [1.807, 2.05) is 0 Å². The number of hydrogen-bond donors (Lipinski definition) is 0. The minimum atomic E-state index is -5.47. The number of likely N-dealkylation sites (tertiary alicyclic amines) is 1. The molecule has 1 saturated heterocycles. The van der Waals surface area contributed by atoms with Gasteiger partial charge in [-0.15, -0.1) is 0 Å². The second-order valence-corrected chi connectivity index (χ2v) is 7.88. The van der Waals surface area contributed by atoms with E-state index in [9.17, 15) is 31.2 Å². The van der Waals surface area contributed by atoms with Gasteiger partial charge in [-0.25, -0.2) is 8.42 Å². The Morgan fingerprint density at radius 1 is 1.22 bits per heavy atom. The monoisotopic (exact) mass is 349 g/mol. The summed E-state index contributed by atoms with van der Waals surface area (Å²) in [5.41, 5.74) is -6.14. The zero-order chi connectivity index (χ0) is 17.6. The van der Waals surface area contributed by atoms with Gasteiger partial charge in [-0.3, -0.25) is 14.5 Å². The molecule has 0 saturated carbocycles. The topological polar surface area (TPSA) is 71.5 Å². The van der Waals surface area contributed by atoms with Crippen LogP contribution in [-0.4, -0.2) is 30.6 Å². The van der Waals surface area contributed by atoms with Crippen molar-refractivity contribution in [2.75, 3.05) is 0 Å². The molecule has 1 aliphatic rings. The molecule has 9 heteroatoms. The lowest BCUT2D eigenvalue weighted by molar-refractivity contribution is -0.141. The summed E-state index contributed by atoms with van der Waals surface area (Å²) in [6.07, 6.45) is 0.00632. The van der Waals surface area contributed by atoms with E-state index in [0.717, 1.165) is 23.1 Å². The van der Waals surface area contributed by atoms with Crippen molar-refractivity contribution in [1.82, 2.24) is 4.90 Å². The van der Waals surface area contributed by atoms with Gasteiger partial charge in [0, 0.05) is 6.42 Å². The van der Waals surface area contributed by atoms with Crippen LogP contribution in [-0.2, 0) is 26.0 Å². The molecule has 2 rings (SSSR count). The first kappa shape index (κ1) is 17.5. The molecule has 0 aromatic heterocycles. The molecule has 1 aliphatic heterocycles. The summed E-state index contributed by atoms with van der Waals surface area (Å²) in [5, 5.41) is 0.